The van der Waals surface area contributed by atoms with E-state index in [-0.39, 0.29) is 12.5 Å². The van der Waals surface area contributed by atoms with Gasteiger partial charge in [-0.2, -0.15) is 0 Å². The van der Waals surface area contributed by atoms with Gasteiger partial charge in [-0.3, -0.25) is 14.5 Å². The Morgan fingerprint density at radius 3 is 2.00 bits per heavy atom. The van der Waals surface area contributed by atoms with E-state index in [0.29, 0.717) is 17.7 Å². The van der Waals surface area contributed by atoms with Crippen molar-refractivity contribution in [2.45, 2.75) is 12.5 Å². The van der Waals surface area contributed by atoms with Crippen molar-refractivity contribution in [3.8, 4) is 0 Å². The van der Waals surface area contributed by atoms with Gasteiger partial charge in [-0.15, -0.1) is 0 Å². The topological polar surface area (TPSA) is 69.7 Å². The fourth-order valence-corrected chi connectivity index (χ4v) is 4.80. The second kappa shape index (κ2) is 9.06. The van der Waals surface area contributed by atoms with E-state index in [2.05, 4.69) is 5.32 Å². The number of rotatable bonds is 6. The molecule has 4 aromatic rings. The molecular formula is C29H25N3O3. The fourth-order valence-electron chi connectivity index (χ4n) is 4.80. The first-order valence-corrected chi connectivity index (χ1v) is 11.6. The Labute approximate surface area is 203 Å². The molecule has 174 valence electrons. The number of hydrogen-bond acceptors (Lipinski definition) is 3. The third-order valence-electron chi connectivity index (χ3n) is 6.49. The van der Waals surface area contributed by atoms with E-state index in [4.69, 9.17) is 0 Å². The molecule has 0 radical (unpaired) electrons. The molecule has 4 amide bonds. The smallest absolute Gasteiger partial charge is 0.315 e. The molecule has 1 aliphatic heterocycles. The molecule has 1 N–H and O–H groups in total. The van der Waals surface area contributed by atoms with Crippen LogP contribution in [0, 0.1) is 0 Å². The first kappa shape index (κ1) is 22.3. The van der Waals surface area contributed by atoms with E-state index in [0.717, 1.165) is 21.4 Å². The van der Waals surface area contributed by atoms with Gasteiger partial charge in [-0.1, -0.05) is 97.1 Å². The maximum absolute atomic E-state index is 13.9. The number of amides is 4. The van der Waals surface area contributed by atoms with E-state index < -0.39 is 17.5 Å². The van der Waals surface area contributed by atoms with Crippen molar-refractivity contribution in [3.05, 3.63) is 114 Å². The van der Waals surface area contributed by atoms with E-state index in [1.807, 2.05) is 110 Å². The van der Waals surface area contributed by atoms with Crippen LogP contribution in [0.3, 0.4) is 0 Å². The number of benzene rings is 4. The normalized spacial score (nSPS) is 14.7. The molecule has 1 saturated heterocycles. The molecule has 6 heteroatoms. The second-order valence-electron chi connectivity index (χ2n) is 8.44. The summed E-state index contributed by atoms with van der Waals surface area (Å²) < 4.78 is 0. The summed E-state index contributed by atoms with van der Waals surface area (Å²) in [7, 11) is 0. The molecule has 5 rings (SSSR count). The van der Waals surface area contributed by atoms with Crippen molar-refractivity contribution in [2.24, 2.45) is 0 Å². The van der Waals surface area contributed by atoms with E-state index in [1.54, 1.807) is 4.90 Å². The monoisotopic (exact) mass is 463 g/mol. The highest BCUT2D eigenvalue weighted by Crippen LogP contribution is 2.36. The summed E-state index contributed by atoms with van der Waals surface area (Å²) in [4.78, 5) is 43.2. The molecule has 6 nitrogen and oxygen atoms in total. The van der Waals surface area contributed by atoms with E-state index in [9.17, 15) is 14.4 Å². The lowest BCUT2D eigenvalue weighted by molar-refractivity contribution is -0.133. The van der Waals surface area contributed by atoms with Crippen molar-refractivity contribution >= 4 is 34.3 Å². The third-order valence-corrected chi connectivity index (χ3v) is 6.49. The van der Waals surface area contributed by atoms with Crippen molar-refractivity contribution in [2.75, 3.05) is 18.0 Å². The minimum absolute atomic E-state index is 0.329. The summed E-state index contributed by atoms with van der Waals surface area (Å²) in [6.45, 7) is 1.92. The van der Waals surface area contributed by atoms with Gasteiger partial charge >= 0.3 is 6.03 Å². The summed E-state index contributed by atoms with van der Waals surface area (Å²) >= 11 is 0. The van der Waals surface area contributed by atoms with Crippen LogP contribution in [0.4, 0.5) is 10.5 Å². The number of carbonyl (C=O) groups excluding carboxylic acids is 3. The highest BCUT2D eigenvalue weighted by atomic mass is 16.2. The van der Waals surface area contributed by atoms with E-state index >= 15 is 0 Å². The average molecular weight is 464 g/mol. The SMILES string of the molecule is CCN(C(=O)CN1C(=O)NC(c2ccccc2)(c2ccccc2)C1=O)c1cccc2ccccc12. The molecule has 0 spiro atoms. The molecule has 4 aromatic carbocycles. The van der Waals surface area contributed by atoms with Gasteiger partial charge in [0.15, 0.2) is 5.54 Å². The zero-order chi connectivity index (χ0) is 24.4. The Balaban J connectivity index is 1.50. The van der Waals surface area contributed by atoms with Crippen molar-refractivity contribution in [1.29, 1.82) is 0 Å². The van der Waals surface area contributed by atoms with Gasteiger partial charge in [0.25, 0.3) is 5.91 Å². The van der Waals surface area contributed by atoms with Crippen LogP contribution in [0.2, 0.25) is 0 Å². The molecule has 0 atom stereocenters. The molecule has 1 aliphatic rings. The minimum Gasteiger partial charge on any atom is -0.315 e. The number of hydrogen-bond donors (Lipinski definition) is 1. The maximum Gasteiger partial charge on any atom is 0.326 e. The summed E-state index contributed by atoms with van der Waals surface area (Å²) in [6.07, 6.45) is 0. The lowest BCUT2D eigenvalue weighted by atomic mass is 9.82. The highest BCUT2D eigenvalue weighted by molar-refractivity contribution is 6.13. The van der Waals surface area contributed by atoms with Gasteiger partial charge in [-0.25, -0.2) is 4.79 Å². The van der Waals surface area contributed by atoms with Crippen LogP contribution in [0.1, 0.15) is 18.1 Å². The third kappa shape index (κ3) is 3.73. The minimum atomic E-state index is -1.39. The van der Waals surface area contributed by atoms with Crippen LogP contribution >= 0.6 is 0 Å². The lowest BCUT2D eigenvalue weighted by Gasteiger charge is -2.28. The van der Waals surface area contributed by atoms with Crippen LogP contribution in [0.25, 0.3) is 10.8 Å². The number of nitrogens with one attached hydrogen (secondary N) is 1. The number of carbonyl (C=O) groups is 3. The summed E-state index contributed by atoms with van der Waals surface area (Å²) in [6, 6.07) is 31.3. The van der Waals surface area contributed by atoms with Crippen LogP contribution in [0.5, 0.6) is 0 Å². The number of imide groups is 1. The summed E-state index contributed by atoms with van der Waals surface area (Å²) in [5.74, 6) is -0.800. The molecular weight excluding hydrogens is 438 g/mol. The number of likely N-dealkylation sites (N-methyl/N-ethyl adjacent to an activating group) is 1. The Bertz CT molecular complexity index is 1360. The van der Waals surface area contributed by atoms with Crippen LogP contribution in [0.15, 0.2) is 103 Å². The number of urea groups is 1. The molecule has 0 unspecified atom stereocenters. The Kier molecular flexibility index (Phi) is 5.79. The molecule has 1 heterocycles. The van der Waals surface area contributed by atoms with Crippen LogP contribution < -0.4 is 10.2 Å². The van der Waals surface area contributed by atoms with Gasteiger partial charge in [0.05, 0.1) is 5.69 Å². The predicted octanol–water partition coefficient (Wildman–Crippen LogP) is 4.69. The largest absolute Gasteiger partial charge is 0.326 e. The van der Waals surface area contributed by atoms with Gasteiger partial charge in [-0.05, 0) is 29.5 Å². The highest BCUT2D eigenvalue weighted by Gasteiger charge is 2.54. The van der Waals surface area contributed by atoms with Crippen molar-refractivity contribution in [3.63, 3.8) is 0 Å². The van der Waals surface area contributed by atoms with Crippen LogP contribution in [-0.2, 0) is 15.1 Å². The Morgan fingerprint density at radius 2 is 1.37 bits per heavy atom. The molecule has 35 heavy (non-hydrogen) atoms. The maximum atomic E-state index is 13.9. The molecule has 1 fully saturated rings. The molecule has 0 aliphatic carbocycles. The van der Waals surface area contributed by atoms with Gasteiger partial charge < -0.3 is 10.2 Å². The summed E-state index contributed by atoms with van der Waals surface area (Å²) in [5.41, 5.74) is 0.637. The fraction of sp³-hybridized carbons (Fsp3) is 0.138. The lowest BCUT2D eigenvalue weighted by Crippen LogP contribution is -2.46. The quantitative estimate of drug-likeness (QED) is 0.422. The van der Waals surface area contributed by atoms with Crippen molar-refractivity contribution < 1.29 is 14.4 Å². The number of anilines is 1. The zero-order valence-electron chi connectivity index (χ0n) is 19.3. The number of nitrogens with zero attached hydrogens (tertiary/aromatic N) is 2. The molecule has 0 bridgehead atoms. The van der Waals surface area contributed by atoms with E-state index in [1.165, 1.54) is 0 Å². The molecule has 0 saturated carbocycles. The van der Waals surface area contributed by atoms with Crippen molar-refractivity contribution in [1.82, 2.24) is 10.2 Å². The van der Waals surface area contributed by atoms with Gasteiger partial charge in [0, 0.05) is 11.9 Å². The first-order chi connectivity index (χ1) is 17.1. The first-order valence-electron chi connectivity index (χ1n) is 11.6. The summed E-state index contributed by atoms with van der Waals surface area (Å²) in [5, 5.41) is 4.85. The molecule has 0 aromatic heterocycles. The van der Waals surface area contributed by atoms with Gasteiger partial charge in [0.2, 0.25) is 5.91 Å². The van der Waals surface area contributed by atoms with Crippen LogP contribution in [-0.4, -0.2) is 35.8 Å². The van der Waals surface area contributed by atoms with Gasteiger partial charge in [0.1, 0.15) is 6.54 Å². The average Bonchev–Trinajstić information content (AvgIpc) is 3.16. The zero-order valence-corrected chi connectivity index (χ0v) is 19.3. The Morgan fingerprint density at radius 1 is 0.800 bits per heavy atom. The Hall–Kier alpha value is -4.45. The number of fused-ring (bicyclic) bond motifs is 1. The second-order valence-corrected chi connectivity index (χ2v) is 8.44. The predicted molar refractivity (Wildman–Crippen MR) is 136 cm³/mol. The standard InChI is InChI=1S/C29H25N3O3/c1-2-31(25-19-11-13-21-12-9-10-18-24(21)25)26(33)20-32-27(34)29(30-28(32)35,22-14-5-3-6-15-22)23-16-7-4-8-17-23/h3-19H,2,20H2,1H3,(H,30,35).